The molecular formula is C27H44N2O6. The molecule has 1 spiro atoms. The molecule has 3 rings (SSSR count). The molecule has 0 aromatic rings. The van der Waals surface area contributed by atoms with Gasteiger partial charge in [-0.2, -0.15) is 0 Å². The minimum Gasteiger partial charge on any atom is -0.481 e. The molecule has 0 radical (unpaired) electrons. The number of unbranched alkanes of at least 4 members (excludes halogenated alkanes) is 1. The van der Waals surface area contributed by atoms with Crippen LogP contribution in [0.3, 0.4) is 0 Å². The minimum absolute atomic E-state index is 0.0103. The van der Waals surface area contributed by atoms with Crippen molar-refractivity contribution in [1.29, 1.82) is 0 Å². The van der Waals surface area contributed by atoms with Gasteiger partial charge in [0.1, 0.15) is 17.6 Å². The zero-order valence-electron chi connectivity index (χ0n) is 22.3. The molecule has 0 aliphatic carbocycles. The van der Waals surface area contributed by atoms with E-state index < -0.39 is 40.6 Å². The molecule has 8 nitrogen and oxygen atoms in total. The number of ether oxygens (including phenoxy) is 1. The predicted octanol–water partition coefficient (Wildman–Crippen LogP) is 3.23. The van der Waals surface area contributed by atoms with Crippen LogP contribution in [0.4, 0.5) is 0 Å². The van der Waals surface area contributed by atoms with Gasteiger partial charge in [0.2, 0.25) is 11.8 Å². The Balaban J connectivity index is 2.10. The first-order chi connectivity index (χ1) is 16.2. The van der Waals surface area contributed by atoms with Crippen molar-refractivity contribution in [2.45, 2.75) is 103 Å². The van der Waals surface area contributed by atoms with Gasteiger partial charge in [0.15, 0.2) is 0 Å². The normalized spacial score (nSPS) is 32.1. The number of hydrogen-bond donors (Lipinski definition) is 2. The summed E-state index contributed by atoms with van der Waals surface area (Å²) in [4.78, 5) is 44.1. The van der Waals surface area contributed by atoms with E-state index >= 15 is 0 Å². The van der Waals surface area contributed by atoms with Crippen LogP contribution in [0, 0.1) is 17.3 Å². The third kappa shape index (κ3) is 4.52. The standard InChI is InChI=1S/C27H44N2O6/c1-8-14-29(25(6,7)17-24(3,4)5)22(32)20-27-13-12-26(9-2,35-27)19(23(33)34)18(27)21(31)28(20)15-10-11-16-30/h8,18-20,30H,1,9-17H2,2-7H3,(H,33,34)/t18-,19+,20?,26-,27?/m0/s1. The summed E-state index contributed by atoms with van der Waals surface area (Å²) in [7, 11) is 0. The molecule has 5 atom stereocenters. The number of amides is 2. The van der Waals surface area contributed by atoms with Gasteiger partial charge in [0.25, 0.3) is 0 Å². The topological polar surface area (TPSA) is 107 Å². The van der Waals surface area contributed by atoms with Crippen molar-refractivity contribution in [3.05, 3.63) is 12.7 Å². The highest BCUT2D eigenvalue weighted by Crippen LogP contribution is 2.64. The van der Waals surface area contributed by atoms with Crippen molar-refractivity contribution in [1.82, 2.24) is 9.80 Å². The SMILES string of the molecule is C=CCN(C(=O)C1N(CCCCO)C(=O)[C@@H]2[C@H](C(=O)O)[C@]3(CC)CCC12O3)C(C)(C)CC(C)(C)C. The van der Waals surface area contributed by atoms with Crippen molar-refractivity contribution < 1.29 is 29.3 Å². The highest BCUT2D eigenvalue weighted by atomic mass is 16.5. The zero-order chi connectivity index (χ0) is 26.4. The van der Waals surface area contributed by atoms with Gasteiger partial charge in [-0.15, -0.1) is 6.58 Å². The van der Waals surface area contributed by atoms with E-state index in [1.165, 1.54) is 0 Å². The summed E-state index contributed by atoms with van der Waals surface area (Å²) in [6.07, 6.45) is 4.94. The molecule has 0 aromatic heterocycles. The van der Waals surface area contributed by atoms with Crippen molar-refractivity contribution in [3.8, 4) is 0 Å². The third-order valence-corrected chi connectivity index (χ3v) is 8.26. The van der Waals surface area contributed by atoms with Gasteiger partial charge in [-0.25, -0.2) is 0 Å². The van der Waals surface area contributed by atoms with Gasteiger partial charge in [0, 0.05) is 25.2 Å². The second-order valence-electron chi connectivity index (χ2n) is 12.4. The molecule has 0 aromatic carbocycles. The maximum Gasteiger partial charge on any atom is 0.310 e. The van der Waals surface area contributed by atoms with E-state index in [0.29, 0.717) is 38.6 Å². The number of carboxylic acid groups (broad SMARTS) is 1. The van der Waals surface area contributed by atoms with Crippen LogP contribution in [0.25, 0.3) is 0 Å². The Labute approximate surface area is 209 Å². The average molecular weight is 493 g/mol. The summed E-state index contributed by atoms with van der Waals surface area (Å²) in [5.41, 5.74) is -2.64. The molecule has 8 heteroatoms. The lowest BCUT2D eigenvalue weighted by Gasteiger charge is -2.45. The van der Waals surface area contributed by atoms with Crippen LogP contribution >= 0.6 is 0 Å². The second-order valence-corrected chi connectivity index (χ2v) is 12.4. The van der Waals surface area contributed by atoms with Crippen LogP contribution in [-0.2, 0) is 19.1 Å². The fraction of sp³-hybridized carbons (Fsp3) is 0.815. The number of carboxylic acids is 1. The fourth-order valence-corrected chi connectivity index (χ4v) is 7.31. The van der Waals surface area contributed by atoms with E-state index in [0.717, 1.165) is 6.42 Å². The van der Waals surface area contributed by atoms with E-state index in [2.05, 4.69) is 27.4 Å². The largest absolute Gasteiger partial charge is 0.481 e. The smallest absolute Gasteiger partial charge is 0.310 e. The maximum atomic E-state index is 14.5. The molecule has 3 saturated heterocycles. The number of carbonyl (C=O) groups excluding carboxylic acids is 2. The number of nitrogens with zero attached hydrogens (tertiary/aromatic N) is 2. The molecule has 3 heterocycles. The number of hydrogen-bond acceptors (Lipinski definition) is 5. The van der Waals surface area contributed by atoms with Crippen LogP contribution in [0.2, 0.25) is 0 Å². The number of carbonyl (C=O) groups is 3. The van der Waals surface area contributed by atoms with Crippen LogP contribution < -0.4 is 0 Å². The summed E-state index contributed by atoms with van der Waals surface area (Å²) in [5.74, 6) is -3.41. The van der Waals surface area contributed by atoms with Crippen LogP contribution in [0.1, 0.15) is 80.1 Å². The Kier molecular flexibility index (Phi) is 7.51. The summed E-state index contributed by atoms with van der Waals surface area (Å²) < 4.78 is 6.61. The molecule has 3 fully saturated rings. The Hall–Kier alpha value is -1.93. The molecule has 2 N–H and O–H groups in total. The number of fused-ring (bicyclic) bond motifs is 1. The first kappa shape index (κ1) is 27.7. The Bertz CT molecular complexity index is 864. The number of likely N-dealkylation sites (tertiary alicyclic amines) is 1. The van der Waals surface area contributed by atoms with E-state index in [1.807, 2.05) is 20.8 Å². The van der Waals surface area contributed by atoms with Crippen molar-refractivity contribution in [3.63, 3.8) is 0 Å². The minimum atomic E-state index is -1.15. The van der Waals surface area contributed by atoms with Crippen LogP contribution in [0.5, 0.6) is 0 Å². The summed E-state index contributed by atoms with van der Waals surface area (Å²) in [5, 5.41) is 19.5. The fourth-order valence-electron chi connectivity index (χ4n) is 7.31. The molecule has 2 amide bonds. The van der Waals surface area contributed by atoms with Crippen molar-refractivity contribution in [2.75, 3.05) is 19.7 Å². The van der Waals surface area contributed by atoms with Gasteiger partial charge < -0.3 is 24.7 Å². The first-order valence-corrected chi connectivity index (χ1v) is 13.0. The van der Waals surface area contributed by atoms with Gasteiger partial charge in [-0.3, -0.25) is 14.4 Å². The Morgan fingerprint density at radius 3 is 2.40 bits per heavy atom. The predicted molar refractivity (Wildman–Crippen MR) is 133 cm³/mol. The zero-order valence-corrected chi connectivity index (χ0v) is 22.3. The number of rotatable bonds is 11. The van der Waals surface area contributed by atoms with Crippen LogP contribution in [-0.4, -0.2) is 80.3 Å². The van der Waals surface area contributed by atoms with Crippen molar-refractivity contribution in [2.24, 2.45) is 17.3 Å². The summed E-state index contributed by atoms with van der Waals surface area (Å²) in [6, 6.07) is -0.893. The molecule has 2 unspecified atom stereocenters. The molecule has 3 aliphatic heterocycles. The molecule has 198 valence electrons. The number of aliphatic hydroxyl groups excluding tert-OH is 1. The maximum absolute atomic E-state index is 14.5. The Morgan fingerprint density at radius 2 is 1.89 bits per heavy atom. The highest BCUT2D eigenvalue weighted by molar-refractivity contribution is 5.98. The Morgan fingerprint density at radius 1 is 1.23 bits per heavy atom. The molecule has 0 saturated carbocycles. The lowest BCUT2D eigenvalue weighted by molar-refractivity contribution is -0.160. The van der Waals surface area contributed by atoms with Gasteiger partial charge >= 0.3 is 5.97 Å². The van der Waals surface area contributed by atoms with Crippen LogP contribution in [0.15, 0.2) is 12.7 Å². The van der Waals surface area contributed by atoms with Gasteiger partial charge in [-0.05, 0) is 57.8 Å². The quantitative estimate of drug-likeness (QED) is 0.339. The van der Waals surface area contributed by atoms with Crippen molar-refractivity contribution >= 4 is 17.8 Å². The second kappa shape index (κ2) is 9.51. The van der Waals surface area contributed by atoms with Gasteiger partial charge in [0.05, 0.1) is 11.5 Å². The molecule has 3 aliphatic rings. The monoisotopic (exact) mass is 492 g/mol. The molecule has 35 heavy (non-hydrogen) atoms. The lowest BCUT2D eigenvalue weighted by atomic mass is 9.65. The van der Waals surface area contributed by atoms with E-state index in [4.69, 9.17) is 4.74 Å². The van der Waals surface area contributed by atoms with Gasteiger partial charge in [-0.1, -0.05) is 33.8 Å². The summed E-state index contributed by atoms with van der Waals surface area (Å²) >= 11 is 0. The first-order valence-electron chi connectivity index (χ1n) is 13.0. The average Bonchev–Trinajstić information content (AvgIpc) is 3.34. The number of aliphatic carboxylic acids is 1. The van der Waals surface area contributed by atoms with E-state index in [-0.39, 0.29) is 30.4 Å². The summed E-state index contributed by atoms with van der Waals surface area (Å²) in [6.45, 7) is 16.8. The highest BCUT2D eigenvalue weighted by Gasteiger charge is 2.79. The lowest BCUT2D eigenvalue weighted by Crippen LogP contribution is -2.61. The third-order valence-electron chi connectivity index (χ3n) is 8.26. The van der Waals surface area contributed by atoms with E-state index in [1.54, 1.807) is 15.9 Å². The van der Waals surface area contributed by atoms with E-state index in [9.17, 15) is 24.6 Å². The molecular weight excluding hydrogens is 448 g/mol. The number of aliphatic hydroxyl groups is 1. The molecule has 2 bridgehead atoms.